The highest BCUT2D eigenvalue weighted by molar-refractivity contribution is 5.90. The molecule has 1 saturated carbocycles. The van der Waals surface area contributed by atoms with Crippen molar-refractivity contribution in [3.05, 3.63) is 0 Å². The zero-order valence-corrected chi connectivity index (χ0v) is 18.8. The van der Waals surface area contributed by atoms with Gasteiger partial charge >= 0.3 is 6.09 Å². The first-order valence-corrected chi connectivity index (χ1v) is 11.3. The molecule has 3 heterocycles. The van der Waals surface area contributed by atoms with Gasteiger partial charge in [0, 0.05) is 12.3 Å². The average molecular weight is 432 g/mol. The molecule has 4 rings (SSSR count). The Hall–Kier alpha value is -1.26. The van der Waals surface area contributed by atoms with Crippen molar-refractivity contribution in [1.29, 1.82) is 0 Å². The fourth-order valence-electron chi connectivity index (χ4n) is 4.30. The van der Waals surface area contributed by atoms with E-state index in [-0.39, 0.29) is 18.7 Å². The molecule has 0 radical (unpaired) electrons. The Balaban J connectivity index is 0.000000202. The third-order valence-electron chi connectivity index (χ3n) is 6.25. The highest BCUT2D eigenvalue weighted by Crippen LogP contribution is 2.52. The number of epoxide rings is 2. The molecule has 174 valence electrons. The number of amides is 2. The maximum atomic E-state index is 11.4. The normalized spacial score (nSPS) is 33.3. The molecule has 30 heavy (non-hydrogen) atoms. The Kier molecular flexibility index (Phi) is 9.05. The molecule has 4 fully saturated rings. The number of carbonyl (C=O) groups excluding carboxylic acids is 1. The number of imide groups is 1. The number of carboxylic acid groups (broad SMARTS) is 1. The number of quaternary nitrogens is 1. The largest absolute Gasteiger partial charge is 0.464 e. The minimum Gasteiger partial charge on any atom is -0.464 e. The maximum absolute atomic E-state index is 11.4. The van der Waals surface area contributed by atoms with Gasteiger partial charge in [-0.2, -0.15) is 9.55 Å². The summed E-state index contributed by atoms with van der Waals surface area (Å²) in [7, 11) is 0. The second-order valence-corrected chi connectivity index (χ2v) is 8.27. The van der Waals surface area contributed by atoms with Crippen LogP contribution in [-0.4, -0.2) is 89.2 Å². The molecule has 0 aromatic rings. The van der Waals surface area contributed by atoms with Crippen LogP contribution in [0.25, 0.3) is 0 Å². The van der Waals surface area contributed by atoms with Gasteiger partial charge in [0.2, 0.25) is 5.91 Å². The minimum atomic E-state index is -1.33. The van der Waals surface area contributed by atoms with Crippen molar-refractivity contribution in [2.24, 2.45) is 5.92 Å². The summed E-state index contributed by atoms with van der Waals surface area (Å²) >= 11 is 0. The van der Waals surface area contributed by atoms with E-state index >= 15 is 0 Å². The zero-order valence-electron chi connectivity index (χ0n) is 18.8. The molecule has 1 aliphatic carbocycles. The Morgan fingerprint density at radius 3 is 2.27 bits per heavy atom. The molecule has 0 bridgehead atoms. The number of hydrogen-bond acceptors (Lipinski definition) is 6. The van der Waals surface area contributed by atoms with Gasteiger partial charge in [0.1, 0.15) is 13.1 Å². The SMILES string of the molecule is CC.CC1OC1C1CCCCC12CO2.CCC(=O)N(C[N+]1(O)CCOCC1)C(=O)O. The Bertz CT molecular complexity index is 576. The van der Waals surface area contributed by atoms with Crippen molar-refractivity contribution in [3.8, 4) is 0 Å². The van der Waals surface area contributed by atoms with Crippen LogP contribution in [0.15, 0.2) is 0 Å². The van der Waals surface area contributed by atoms with Crippen LogP contribution in [0.5, 0.6) is 0 Å². The van der Waals surface area contributed by atoms with Crippen LogP contribution in [-0.2, 0) is 19.0 Å². The van der Waals surface area contributed by atoms with E-state index in [9.17, 15) is 14.8 Å². The predicted molar refractivity (Wildman–Crippen MR) is 109 cm³/mol. The lowest BCUT2D eigenvalue weighted by atomic mass is 9.77. The van der Waals surface area contributed by atoms with Gasteiger partial charge < -0.3 is 19.3 Å². The van der Waals surface area contributed by atoms with Crippen molar-refractivity contribution in [2.75, 3.05) is 39.6 Å². The van der Waals surface area contributed by atoms with Crippen LogP contribution >= 0.6 is 0 Å². The summed E-state index contributed by atoms with van der Waals surface area (Å²) in [5.74, 6) is 0.215. The van der Waals surface area contributed by atoms with E-state index in [1.165, 1.54) is 25.7 Å². The van der Waals surface area contributed by atoms with E-state index in [1.807, 2.05) is 13.8 Å². The van der Waals surface area contributed by atoms with Gasteiger partial charge in [-0.25, -0.2) is 10.0 Å². The molecule has 4 unspecified atom stereocenters. The molecule has 4 aliphatic rings. The second kappa shape index (κ2) is 10.9. The van der Waals surface area contributed by atoms with Gasteiger partial charge in [-0.1, -0.05) is 33.6 Å². The van der Waals surface area contributed by atoms with Gasteiger partial charge in [0.05, 0.1) is 37.6 Å². The second-order valence-electron chi connectivity index (χ2n) is 8.27. The highest BCUT2D eigenvalue weighted by atomic mass is 16.6. The topological polar surface area (TPSA) is 112 Å². The smallest absolute Gasteiger partial charge is 0.418 e. The lowest BCUT2D eigenvalue weighted by Gasteiger charge is -2.35. The van der Waals surface area contributed by atoms with E-state index in [0.29, 0.717) is 43.4 Å². The van der Waals surface area contributed by atoms with E-state index < -0.39 is 16.6 Å². The first-order valence-electron chi connectivity index (χ1n) is 11.3. The van der Waals surface area contributed by atoms with E-state index in [4.69, 9.17) is 19.3 Å². The molecule has 9 heteroatoms. The highest BCUT2D eigenvalue weighted by Gasteiger charge is 2.59. The standard InChI is InChI=1S/C10H16O2.C9H16N2O5.C2H6/c1-7-9(12-7)8-4-2-3-5-10(8)6-11-10;1-2-8(12)10(9(13)14)7-11(15)3-5-16-6-4-11;1-2/h7-9H,2-6H2,1H3;15H,2-7H2,1H3;1-2H3/p+1. The van der Waals surface area contributed by atoms with Crippen molar-refractivity contribution in [1.82, 2.24) is 4.90 Å². The minimum absolute atomic E-state index is 0.1000. The number of rotatable bonds is 4. The molecule has 0 aromatic heterocycles. The quantitative estimate of drug-likeness (QED) is 0.520. The van der Waals surface area contributed by atoms with E-state index in [2.05, 4.69) is 6.92 Å². The number of morpholine rings is 1. The van der Waals surface area contributed by atoms with Gasteiger partial charge in [0.25, 0.3) is 0 Å². The molecular weight excluding hydrogens is 392 g/mol. The lowest BCUT2D eigenvalue weighted by Crippen LogP contribution is -2.59. The van der Waals surface area contributed by atoms with E-state index in [1.54, 1.807) is 6.92 Å². The van der Waals surface area contributed by atoms with Gasteiger partial charge in [-0.15, -0.1) is 0 Å². The fraction of sp³-hybridized carbons (Fsp3) is 0.905. The van der Waals surface area contributed by atoms with Crippen molar-refractivity contribution in [3.63, 3.8) is 0 Å². The Labute approximate surface area is 179 Å². The van der Waals surface area contributed by atoms with Crippen LogP contribution in [0.2, 0.25) is 0 Å². The molecule has 0 aromatic carbocycles. The molecule has 3 aliphatic heterocycles. The summed E-state index contributed by atoms with van der Waals surface area (Å²) in [5, 5.41) is 18.9. The third kappa shape index (κ3) is 6.37. The molecule has 3 saturated heterocycles. The third-order valence-corrected chi connectivity index (χ3v) is 6.25. The summed E-state index contributed by atoms with van der Waals surface area (Å²) in [6.45, 7) is 9.85. The maximum Gasteiger partial charge on any atom is 0.418 e. The van der Waals surface area contributed by atoms with Gasteiger partial charge in [-0.05, 0) is 19.8 Å². The van der Waals surface area contributed by atoms with Crippen LogP contribution in [0.4, 0.5) is 4.79 Å². The number of carbonyl (C=O) groups is 2. The summed E-state index contributed by atoms with van der Waals surface area (Å²) < 4.78 is 15.8. The van der Waals surface area contributed by atoms with Gasteiger partial charge in [0.15, 0.2) is 6.67 Å². The Morgan fingerprint density at radius 2 is 1.80 bits per heavy atom. The molecule has 2 N–H and O–H groups in total. The van der Waals surface area contributed by atoms with Crippen molar-refractivity contribution in [2.45, 2.75) is 77.6 Å². The fourth-order valence-corrected chi connectivity index (χ4v) is 4.30. The number of nitrogens with zero attached hydrogens (tertiary/aromatic N) is 2. The first-order chi connectivity index (χ1) is 14.3. The summed E-state index contributed by atoms with van der Waals surface area (Å²) in [6.07, 6.45) is 5.16. The molecule has 2 amide bonds. The average Bonchev–Trinajstić information content (AvgIpc) is 3.67. The van der Waals surface area contributed by atoms with Crippen molar-refractivity contribution < 1.29 is 38.8 Å². The van der Waals surface area contributed by atoms with Crippen LogP contribution in [0, 0.1) is 5.92 Å². The van der Waals surface area contributed by atoms with E-state index in [0.717, 1.165) is 12.5 Å². The summed E-state index contributed by atoms with van der Waals surface area (Å²) in [5.41, 5.74) is 0.285. The lowest BCUT2D eigenvalue weighted by molar-refractivity contribution is -1.11. The van der Waals surface area contributed by atoms with Crippen LogP contribution in [0.1, 0.15) is 59.8 Å². The van der Waals surface area contributed by atoms with Crippen LogP contribution in [0.3, 0.4) is 0 Å². The Morgan fingerprint density at radius 1 is 1.20 bits per heavy atom. The van der Waals surface area contributed by atoms with Crippen molar-refractivity contribution >= 4 is 12.0 Å². The van der Waals surface area contributed by atoms with Crippen LogP contribution < -0.4 is 0 Å². The first kappa shape index (κ1) is 25.0. The summed E-state index contributed by atoms with van der Waals surface area (Å²) in [4.78, 5) is 22.9. The number of hydrogen-bond donors (Lipinski definition) is 2. The summed E-state index contributed by atoms with van der Waals surface area (Å²) in [6, 6.07) is 0. The molecule has 9 nitrogen and oxygen atoms in total. The molecule has 4 atom stereocenters. The number of hydroxylamine groups is 3. The molecular formula is C21H39N2O7+. The monoisotopic (exact) mass is 431 g/mol. The predicted octanol–water partition coefficient (Wildman–Crippen LogP) is 2.86. The zero-order chi connectivity index (χ0) is 22.4. The number of ether oxygens (including phenoxy) is 3. The van der Waals surface area contributed by atoms with Gasteiger partial charge in [-0.3, -0.25) is 4.79 Å². The molecule has 1 spiro atoms.